The number of thioether (sulfide) groups is 1. The minimum atomic E-state index is -0.110. The molecule has 0 spiro atoms. The van der Waals surface area contributed by atoms with E-state index >= 15 is 0 Å². The van der Waals surface area contributed by atoms with E-state index in [-0.39, 0.29) is 5.91 Å². The van der Waals surface area contributed by atoms with Crippen molar-refractivity contribution in [1.29, 1.82) is 0 Å². The van der Waals surface area contributed by atoms with Crippen LogP contribution < -0.4 is 4.90 Å². The van der Waals surface area contributed by atoms with Crippen molar-refractivity contribution in [3.63, 3.8) is 0 Å². The first-order valence-electron chi connectivity index (χ1n) is 7.93. The number of rotatable bonds is 5. The fraction of sp³-hybridized carbons (Fsp3) is 0.111. The summed E-state index contributed by atoms with van der Waals surface area (Å²) in [7, 11) is 0. The number of amides is 1. The molecule has 0 N–H and O–H groups in total. The molecular weight excluding hydrogens is 420 g/mol. The number of hydrogen-bond acceptors (Lipinski definition) is 7. The maximum atomic E-state index is 12.2. The van der Waals surface area contributed by atoms with Gasteiger partial charge in [-0.3, -0.25) is 9.69 Å². The highest BCUT2D eigenvalue weighted by Gasteiger charge is 2.18. The Labute approximate surface area is 173 Å². The van der Waals surface area contributed by atoms with Gasteiger partial charge in [-0.2, -0.15) is 0 Å². The number of anilines is 2. The molecule has 3 aromatic heterocycles. The molecule has 136 valence electrons. The van der Waals surface area contributed by atoms with Gasteiger partial charge in [0.25, 0.3) is 0 Å². The van der Waals surface area contributed by atoms with E-state index in [9.17, 15) is 4.79 Å². The number of thiazole rings is 1. The number of nitrogens with zero attached hydrogens (tertiary/aromatic N) is 4. The molecule has 0 aliphatic heterocycles. The lowest BCUT2D eigenvalue weighted by molar-refractivity contribution is -0.115. The predicted molar refractivity (Wildman–Crippen MR) is 113 cm³/mol. The summed E-state index contributed by atoms with van der Waals surface area (Å²) in [4.78, 5) is 28.0. The molecule has 1 aromatic carbocycles. The maximum absolute atomic E-state index is 12.2. The third-order valence-electron chi connectivity index (χ3n) is 3.69. The highest BCUT2D eigenvalue weighted by atomic mass is 35.5. The lowest BCUT2D eigenvalue weighted by atomic mass is 10.3. The van der Waals surface area contributed by atoms with Gasteiger partial charge >= 0.3 is 0 Å². The summed E-state index contributed by atoms with van der Waals surface area (Å²) in [5, 5.41) is 7.19. The van der Waals surface area contributed by atoms with Gasteiger partial charge in [-0.25, -0.2) is 15.0 Å². The second kappa shape index (κ2) is 7.93. The van der Waals surface area contributed by atoms with Crippen LogP contribution in [0, 0.1) is 0 Å². The molecule has 1 amide bonds. The molecular formula is C18H13ClN4OS3. The molecule has 0 aliphatic carbocycles. The molecule has 0 fully saturated rings. The average molecular weight is 433 g/mol. The molecule has 3 heterocycles. The first-order valence-corrected chi connectivity index (χ1v) is 11.1. The van der Waals surface area contributed by atoms with E-state index in [4.69, 9.17) is 11.6 Å². The van der Waals surface area contributed by atoms with Crippen LogP contribution in [0.25, 0.3) is 10.2 Å². The van der Waals surface area contributed by atoms with Gasteiger partial charge in [0.15, 0.2) is 5.13 Å². The Hall–Kier alpha value is -2.00. The SMILES string of the molecule is CC(=O)N(c1cccc(Cl)c1)c1nc(CSc2ncnc3sccc23)cs1. The summed E-state index contributed by atoms with van der Waals surface area (Å²) in [5.41, 5.74) is 1.61. The second-order valence-electron chi connectivity index (χ2n) is 5.56. The zero-order valence-corrected chi connectivity index (χ0v) is 17.3. The van der Waals surface area contributed by atoms with Gasteiger partial charge in [0.2, 0.25) is 5.91 Å². The molecule has 0 bridgehead atoms. The van der Waals surface area contributed by atoms with E-state index < -0.39 is 0 Å². The zero-order chi connectivity index (χ0) is 18.8. The number of fused-ring (bicyclic) bond motifs is 1. The molecule has 27 heavy (non-hydrogen) atoms. The van der Waals surface area contributed by atoms with Crippen molar-refractivity contribution in [3.8, 4) is 0 Å². The molecule has 5 nitrogen and oxygen atoms in total. The van der Waals surface area contributed by atoms with Crippen LogP contribution >= 0.6 is 46.0 Å². The third-order valence-corrected chi connectivity index (χ3v) is 6.66. The number of benzene rings is 1. The van der Waals surface area contributed by atoms with Crippen molar-refractivity contribution < 1.29 is 4.79 Å². The van der Waals surface area contributed by atoms with E-state index in [0.29, 0.717) is 21.6 Å². The summed E-state index contributed by atoms with van der Waals surface area (Å²) in [6.45, 7) is 1.52. The Morgan fingerprint density at radius 3 is 2.96 bits per heavy atom. The van der Waals surface area contributed by atoms with Crippen LogP contribution in [0.15, 0.2) is 52.4 Å². The Kier molecular flexibility index (Phi) is 5.40. The van der Waals surface area contributed by atoms with Gasteiger partial charge in [-0.1, -0.05) is 29.4 Å². The summed E-state index contributed by atoms with van der Waals surface area (Å²) >= 11 is 10.7. The Balaban J connectivity index is 1.55. The summed E-state index contributed by atoms with van der Waals surface area (Å²) < 4.78 is 0. The van der Waals surface area contributed by atoms with Crippen LogP contribution in [0.4, 0.5) is 10.8 Å². The lowest BCUT2D eigenvalue weighted by Crippen LogP contribution is -2.22. The van der Waals surface area contributed by atoms with Gasteiger partial charge < -0.3 is 0 Å². The Morgan fingerprint density at radius 2 is 2.15 bits per heavy atom. The fourth-order valence-electron chi connectivity index (χ4n) is 2.53. The molecule has 0 saturated carbocycles. The summed E-state index contributed by atoms with van der Waals surface area (Å²) in [6, 6.07) is 9.23. The number of aromatic nitrogens is 3. The maximum Gasteiger partial charge on any atom is 0.230 e. The quantitative estimate of drug-likeness (QED) is 0.295. The Morgan fingerprint density at radius 1 is 1.26 bits per heavy atom. The van der Waals surface area contributed by atoms with Crippen molar-refractivity contribution in [3.05, 3.63) is 58.1 Å². The van der Waals surface area contributed by atoms with Crippen molar-refractivity contribution in [2.24, 2.45) is 0 Å². The minimum absolute atomic E-state index is 0.110. The van der Waals surface area contributed by atoms with Crippen LogP contribution in [0.3, 0.4) is 0 Å². The molecule has 0 radical (unpaired) electrons. The smallest absolute Gasteiger partial charge is 0.230 e. The number of carbonyl (C=O) groups is 1. The van der Waals surface area contributed by atoms with E-state index in [2.05, 4.69) is 15.0 Å². The van der Waals surface area contributed by atoms with E-state index in [1.165, 1.54) is 18.3 Å². The minimum Gasteiger partial charge on any atom is -0.274 e. The van der Waals surface area contributed by atoms with Crippen LogP contribution in [0.5, 0.6) is 0 Å². The Bertz CT molecular complexity index is 1110. The first kappa shape index (κ1) is 18.4. The van der Waals surface area contributed by atoms with Crippen molar-refractivity contribution >= 4 is 73.0 Å². The topological polar surface area (TPSA) is 59.0 Å². The van der Waals surface area contributed by atoms with E-state index in [1.807, 2.05) is 29.0 Å². The molecule has 4 rings (SSSR count). The standard InChI is InChI=1S/C18H13ClN4OS3/c1-11(24)23(14-4-2-3-12(19)7-14)18-22-13(9-27-18)8-26-17-15-5-6-25-16(15)20-10-21-17/h2-7,9-10H,8H2,1H3. The summed E-state index contributed by atoms with van der Waals surface area (Å²) in [5.74, 6) is 0.557. The number of carbonyl (C=O) groups excluding carboxylic acids is 1. The van der Waals surface area contributed by atoms with Crippen molar-refractivity contribution in [1.82, 2.24) is 15.0 Å². The fourth-order valence-corrected chi connectivity index (χ4v) is 5.38. The normalized spacial score (nSPS) is 11.0. The van der Waals surface area contributed by atoms with Crippen molar-refractivity contribution in [2.45, 2.75) is 17.7 Å². The lowest BCUT2D eigenvalue weighted by Gasteiger charge is -2.18. The van der Waals surface area contributed by atoms with Gasteiger partial charge in [0, 0.05) is 28.5 Å². The highest BCUT2D eigenvalue weighted by molar-refractivity contribution is 7.98. The molecule has 9 heteroatoms. The molecule has 0 saturated heterocycles. The van der Waals surface area contributed by atoms with Gasteiger partial charge in [0.1, 0.15) is 16.2 Å². The number of thiophene rings is 1. The zero-order valence-electron chi connectivity index (χ0n) is 14.1. The summed E-state index contributed by atoms with van der Waals surface area (Å²) in [6.07, 6.45) is 1.59. The van der Waals surface area contributed by atoms with Crippen molar-refractivity contribution in [2.75, 3.05) is 4.90 Å². The second-order valence-corrected chi connectivity index (χ2v) is 8.69. The monoisotopic (exact) mass is 432 g/mol. The van der Waals surface area contributed by atoms with Crippen LogP contribution in [0.1, 0.15) is 12.6 Å². The van der Waals surface area contributed by atoms with Gasteiger partial charge in [-0.05, 0) is 29.6 Å². The van der Waals surface area contributed by atoms with Crippen LogP contribution in [-0.4, -0.2) is 20.9 Å². The average Bonchev–Trinajstić information content (AvgIpc) is 3.29. The molecule has 0 atom stereocenters. The third kappa shape index (κ3) is 3.98. The molecule has 0 aliphatic rings. The largest absolute Gasteiger partial charge is 0.274 e. The molecule has 0 unspecified atom stereocenters. The van der Waals surface area contributed by atoms with Gasteiger partial charge in [-0.15, -0.1) is 22.7 Å². The van der Waals surface area contributed by atoms with Crippen LogP contribution in [-0.2, 0) is 10.5 Å². The van der Waals surface area contributed by atoms with E-state index in [1.54, 1.807) is 46.5 Å². The number of halogens is 1. The van der Waals surface area contributed by atoms with Gasteiger partial charge in [0.05, 0.1) is 11.4 Å². The number of hydrogen-bond donors (Lipinski definition) is 0. The predicted octanol–water partition coefficient (Wildman–Crippen LogP) is 5.78. The first-order chi connectivity index (χ1) is 13.1. The van der Waals surface area contributed by atoms with E-state index in [0.717, 1.165) is 20.9 Å². The highest BCUT2D eigenvalue weighted by Crippen LogP contribution is 2.33. The molecule has 4 aromatic rings. The van der Waals surface area contributed by atoms with Crippen LogP contribution in [0.2, 0.25) is 5.02 Å².